The number of carbonyl (C=O) groups is 2. The van der Waals surface area contributed by atoms with E-state index in [0.29, 0.717) is 12.2 Å². The fourth-order valence-corrected chi connectivity index (χ4v) is 3.32. The van der Waals surface area contributed by atoms with Gasteiger partial charge in [0.2, 0.25) is 5.91 Å². The molecular formula is C21H32N2O3. The minimum Gasteiger partial charge on any atom is -0.494 e. The summed E-state index contributed by atoms with van der Waals surface area (Å²) in [5.74, 6) is 1.17. The van der Waals surface area contributed by atoms with Gasteiger partial charge in [0, 0.05) is 11.6 Å². The van der Waals surface area contributed by atoms with Crippen LogP contribution in [0.3, 0.4) is 0 Å². The van der Waals surface area contributed by atoms with Gasteiger partial charge < -0.3 is 15.4 Å². The average molecular weight is 360 g/mol. The first-order valence-electron chi connectivity index (χ1n) is 9.74. The van der Waals surface area contributed by atoms with E-state index in [2.05, 4.69) is 17.6 Å². The molecule has 0 spiro atoms. The molecule has 1 aromatic carbocycles. The zero-order valence-electron chi connectivity index (χ0n) is 16.4. The number of hydrogen-bond donors (Lipinski definition) is 2. The van der Waals surface area contributed by atoms with Crippen LogP contribution in [0.2, 0.25) is 0 Å². The monoisotopic (exact) mass is 360 g/mol. The van der Waals surface area contributed by atoms with Gasteiger partial charge in [0.15, 0.2) is 0 Å². The number of rotatable bonds is 7. The molecule has 0 saturated heterocycles. The summed E-state index contributed by atoms with van der Waals surface area (Å²) in [7, 11) is 0. The topological polar surface area (TPSA) is 67.4 Å². The molecule has 0 unspecified atom stereocenters. The molecule has 0 bridgehead atoms. The molecule has 0 radical (unpaired) electrons. The van der Waals surface area contributed by atoms with Gasteiger partial charge in [-0.25, -0.2) is 0 Å². The molecular weight excluding hydrogens is 328 g/mol. The van der Waals surface area contributed by atoms with Crippen LogP contribution in [0.25, 0.3) is 0 Å². The number of amides is 2. The van der Waals surface area contributed by atoms with Crippen LogP contribution >= 0.6 is 0 Å². The van der Waals surface area contributed by atoms with Crippen LogP contribution in [-0.2, 0) is 4.79 Å². The van der Waals surface area contributed by atoms with E-state index in [4.69, 9.17) is 4.74 Å². The first kappa shape index (κ1) is 20.3. The third-order valence-electron chi connectivity index (χ3n) is 5.03. The molecule has 1 atom stereocenters. The lowest BCUT2D eigenvalue weighted by atomic mass is 9.87. The van der Waals surface area contributed by atoms with Crippen molar-refractivity contribution in [2.45, 2.75) is 65.5 Å². The largest absolute Gasteiger partial charge is 0.494 e. The van der Waals surface area contributed by atoms with Crippen molar-refractivity contribution in [1.82, 2.24) is 10.6 Å². The van der Waals surface area contributed by atoms with Crippen molar-refractivity contribution in [2.24, 2.45) is 11.8 Å². The minimum absolute atomic E-state index is 0.0177. The summed E-state index contributed by atoms with van der Waals surface area (Å²) < 4.78 is 5.39. The highest BCUT2D eigenvalue weighted by atomic mass is 16.5. The standard InChI is InChI=1S/C21H32N2O3/c1-5-26-18-12-8-16(9-13-18)20(24)23-19(14(2)3)21(25)22-17-10-6-15(4)7-11-17/h8-9,12-15,17,19H,5-7,10-11H2,1-4H3,(H,22,25)(H,23,24)/t15?,17?,19-/m0/s1. The van der Waals surface area contributed by atoms with Crippen molar-refractivity contribution < 1.29 is 14.3 Å². The van der Waals surface area contributed by atoms with Gasteiger partial charge >= 0.3 is 0 Å². The summed E-state index contributed by atoms with van der Waals surface area (Å²) in [4.78, 5) is 25.2. The summed E-state index contributed by atoms with van der Waals surface area (Å²) in [5.41, 5.74) is 0.526. The molecule has 0 heterocycles. The molecule has 2 N–H and O–H groups in total. The second-order valence-electron chi connectivity index (χ2n) is 7.62. The van der Waals surface area contributed by atoms with Crippen molar-refractivity contribution in [3.8, 4) is 5.75 Å². The molecule has 1 aliphatic carbocycles. The maximum atomic E-state index is 12.7. The summed E-state index contributed by atoms with van der Waals surface area (Å²) in [6, 6.07) is 6.67. The van der Waals surface area contributed by atoms with Crippen molar-refractivity contribution in [1.29, 1.82) is 0 Å². The second kappa shape index (κ2) is 9.60. The molecule has 1 aliphatic rings. The molecule has 1 saturated carbocycles. The minimum atomic E-state index is -0.534. The SMILES string of the molecule is CCOc1ccc(C(=O)N[C@H](C(=O)NC2CCC(C)CC2)C(C)C)cc1. The Balaban J connectivity index is 1.95. The van der Waals surface area contributed by atoms with E-state index in [0.717, 1.165) is 37.4 Å². The first-order valence-corrected chi connectivity index (χ1v) is 9.74. The van der Waals surface area contributed by atoms with Crippen molar-refractivity contribution >= 4 is 11.8 Å². The van der Waals surface area contributed by atoms with Crippen molar-refractivity contribution in [3.63, 3.8) is 0 Å². The average Bonchev–Trinajstić information content (AvgIpc) is 2.62. The van der Waals surface area contributed by atoms with Crippen LogP contribution < -0.4 is 15.4 Å². The van der Waals surface area contributed by atoms with Gasteiger partial charge in [0.05, 0.1) is 6.61 Å². The maximum absolute atomic E-state index is 12.7. The van der Waals surface area contributed by atoms with Crippen molar-refractivity contribution in [3.05, 3.63) is 29.8 Å². The second-order valence-corrected chi connectivity index (χ2v) is 7.62. The first-order chi connectivity index (χ1) is 12.4. The predicted molar refractivity (Wildman–Crippen MR) is 103 cm³/mol. The molecule has 0 aliphatic heterocycles. The fraction of sp³-hybridized carbons (Fsp3) is 0.619. The third-order valence-corrected chi connectivity index (χ3v) is 5.03. The normalized spacial score (nSPS) is 21.1. The van der Waals surface area contributed by atoms with Crippen LogP contribution in [-0.4, -0.2) is 30.5 Å². The molecule has 1 aromatic rings. The Labute approximate surface area is 156 Å². The van der Waals surface area contributed by atoms with Crippen molar-refractivity contribution in [2.75, 3.05) is 6.61 Å². The Hall–Kier alpha value is -2.04. The highest BCUT2D eigenvalue weighted by Crippen LogP contribution is 2.23. The van der Waals surface area contributed by atoms with E-state index in [1.54, 1.807) is 24.3 Å². The van der Waals surface area contributed by atoms with Gasteiger partial charge in [0.1, 0.15) is 11.8 Å². The van der Waals surface area contributed by atoms with E-state index in [-0.39, 0.29) is 23.8 Å². The Morgan fingerprint density at radius 2 is 1.73 bits per heavy atom. The molecule has 144 valence electrons. The molecule has 0 aromatic heterocycles. The van der Waals surface area contributed by atoms with Gasteiger partial charge in [-0.3, -0.25) is 9.59 Å². The van der Waals surface area contributed by atoms with E-state index in [9.17, 15) is 9.59 Å². The summed E-state index contributed by atoms with van der Waals surface area (Å²) in [5, 5.41) is 6.02. The molecule has 2 amide bonds. The lowest BCUT2D eigenvalue weighted by Gasteiger charge is -2.29. The fourth-order valence-electron chi connectivity index (χ4n) is 3.32. The number of ether oxygens (including phenoxy) is 1. The van der Waals surface area contributed by atoms with E-state index < -0.39 is 6.04 Å². The number of carbonyl (C=O) groups excluding carboxylic acids is 2. The van der Waals surface area contributed by atoms with Crippen LogP contribution in [0.5, 0.6) is 5.75 Å². The molecule has 5 nitrogen and oxygen atoms in total. The Kier molecular flexibility index (Phi) is 7.49. The maximum Gasteiger partial charge on any atom is 0.251 e. The van der Waals surface area contributed by atoms with Gasteiger partial charge in [-0.15, -0.1) is 0 Å². The third kappa shape index (κ3) is 5.75. The highest BCUT2D eigenvalue weighted by Gasteiger charge is 2.28. The summed E-state index contributed by atoms with van der Waals surface area (Å²) in [6.07, 6.45) is 4.33. The van der Waals surface area contributed by atoms with Crippen LogP contribution in [0.15, 0.2) is 24.3 Å². The lowest BCUT2D eigenvalue weighted by molar-refractivity contribution is -0.124. The van der Waals surface area contributed by atoms with Gasteiger partial charge in [-0.2, -0.15) is 0 Å². The molecule has 5 heteroatoms. The summed E-state index contributed by atoms with van der Waals surface area (Å²) in [6.45, 7) is 8.66. The van der Waals surface area contributed by atoms with Crippen LogP contribution in [0.4, 0.5) is 0 Å². The molecule has 2 rings (SSSR count). The molecule has 26 heavy (non-hydrogen) atoms. The van der Waals surface area contributed by atoms with E-state index in [1.807, 2.05) is 20.8 Å². The number of benzene rings is 1. The number of nitrogens with one attached hydrogen (secondary N) is 2. The predicted octanol–water partition coefficient (Wildman–Crippen LogP) is 3.53. The Morgan fingerprint density at radius 1 is 1.12 bits per heavy atom. The molecule has 1 fully saturated rings. The lowest BCUT2D eigenvalue weighted by Crippen LogP contribution is -2.52. The van der Waals surface area contributed by atoms with E-state index >= 15 is 0 Å². The van der Waals surface area contributed by atoms with Gasteiger partial charge in [-0.05, 0) is 68.7 Å². The zero-order chi connectivity index (χ0) is 19.1. The quantitative estimate of drug-likeness (QED) is 0.781. The van der Waals surface area contributed by atoms with Gasteiger partial charge in [0.25, 0.3) is 5.91 Å². The van der Waals surface area contributed by atoms with E-state index in [1.165, 1.54) is 0 Å². The zero-order valence-corrected chi connectivity index (χ0v) is 16.4. The Morgan fingerprint density at radius 3 is 2.27 bits per heavy atom. The van der Waals surface area contributed by atoms with Gasteiger partial charge in [-0.1, -0.05) is 20.8 Å². The summed E-state index contributed by atoms with van der Waals surface area (Å²) >= 11 is 0. The number of hydrogen-bond acceptors (Lipinski definition) is 3. The van der Waals surface area contributed by atoms with Crippen LogP contribution in [0.1, 0.15) is 63.7 Å². The van der Waals surface area contributed by atoms with Crippen LogP contribution in [0, 0.1) is 11.8 Å². The smallest absolute Gasteiger partial charge is 0.251 e. The highest BCUT2D eigenvalue weighted by molar-refractivity contribution is 5.97. The Bertz CT molecular complexity index is 590.